The molecule has 23 heavy (non-hydrogen) atoms. The first-order chi connectivity index (χ1) is 11.2. The summed E-state index contributed by atoms with van der Waals surface area (Å²) in [6.07, 6.45) is 0. The smallest absolute Gasteiger partial charge is 0.252 e. The molecule has 0 fully saturated rings. The largest absolute Gasteiger partial charge is 0.375 e. The maximum Gasteiger partial charge on any atom is 0.252 e. The van der Waals surface area contributed by atoms with Crippen LogP contribution < -0.4 is 5.32 Å². The van der Waals surface area contributed by atoms with Crippen LogP contribution in [0.1, 0.15) is 29.8 Å². The first-order valence-electron chi connectivity index (χ1n) is 7.82. The molecule has 4 heteroatoms. The second kappa shape index (κ2) is 9.38. The van der Waals surface area contributed by atoms with Crippen molar-refractivity contribution in [2.45, 2.75) is 30.6 Å². The lowest BCUT2D eigenvalue weighted by Crippen LogP contribution is -2.27. The van der Waals surface area contributed by atoms with E-state index in [0.717, 1.165) is 16.0 Å². The van der Waals surface area contributed by atoms with Crippen LogP contribution in [0, 0.1) is 0 Å². The molecule has 0 saturated heterocycles. The van der Waals surface area contributed by atoms with Crippen molar-refractivity contribution in [3.8, 4) is 0 Å². The van der Waals surface area contributed by atoms with Gasteiger partial charge < -0.3 is 10.1 Å². The van der Waals surface area contributed by atoms with E-state index in [2.05, 4.69) is 19.2 Å². The molecule has 2 aromatic rings. The summed E-state index contributed by atoms with van der Waals surface area (Å²) in [5.41, 5.74) is 1.87. The molecule has 0 aromatic heterocycles. The average molecular weight is 329 g/mol. The number of carbonyl (C=O) groups excluding carboxylic acids is 1. The van der Waals surface area contributed by atoms with Crippen molar-refractivity contribution < 1.29 is 9.53 Å². The van der Waals surface area contributed by atoms with Crippen LogP contribution in [0.25, 0.3) is 0 Å². The molecule has 0 saturated carbocycles. The number of benzene rings is 2. The molecule has 0 heterocycles. The van der Waals surface area contributed by atoms with Gasteiger partial charge in [0.05, 0.1) is 18.8 Å². The number of nitrogens with one attached hydrogen (secondary N) is 1. The Morgan fingerprint density at radius 1 is 1.09 bits per heavy atom. The Balaban J connectivity index is 1.77. The molecule has 2 rings (SSSR count). The Kier molecular flexibility index (Phi) is 7.17. The van der Waals surface area contributed by atoms with E-state index in [4.69, 9.17) is 4.74 Å². The van der Waals surface area contributed by atoms with Crippen LogP contribution in [0.5, 0.6) is 0 Å². The Labute approximate surface area is 142 Å². The van der Waals surface area contributed by atoms with E-state index in [-0.39, 0.29) is 5.91 Å². The summed E-state index contributed by atoms with van der Waals surface area (Å²) in [6, 6.07) is 17.7. The minimum Gasteiger partial charge on any atom is -0.375 e. The molecule has 1 N–H and O–H groups in total. The summed E-state index contributed by atoms with van der Waals surface area (Å²) in [5.74, 6) is -0.0444. The van der Waals surface area contributed by atoms with E-state index in [1.165, 1.54) is 0 Å². The summed E-state index contributed by atoms with van der Waals surface area (Å²) in [4.78, 5) is 13.3. The van der Waals surface area contributed by atoms with Crippen molar-refractivity contribution in [1.82, 2.24) is 5.32 Å². The zero-order chi connectivity index (χ0) is 16.5. The van der Waals surface area contributed by atoms with Crippen molar-refractivity contribution in [2.24, 2.45) is 0 Å². The number of thioether (sulfide) groups is 1. The van der Waals surface area contributed by atoms with E-state index in [0.29, 0.717) is 25.0 Å². The molecule has 122 valence electrons. The van der Waals surface area contributed by atoms with Gasteiger partial charge in [-0.15, -0.1) is 11.8 Å². The fourth-order valence-corrected chi connectivity index (χ4v) is 3.06. The van der Waals surface area contributed by atoms with Gasteiger partial charge in [0.15, 0.2) is 0 Å². The molecule has 0 bridgehead atoms. The SMILES string of the molecule is CC(C)Sc1ccccc1C(=O)NCCOCc1ccccc1. The third-order valence-corrected chi connectivity index (χ3v) is 4.22. The summed E-state index contributed by atoms with van der Waals surface area (Å²) >= 11 is 1.70. The summed E-state index contributed by atoms with van der Waals surface area (Å²) in [7, 11) is 0. The Morgan fingerprint density at radius 3 is 2.52 bits per heavy atom. The molecule has 0 radical (unpaired) electrons. The lowest BCUT2D eigenvalue weighted by molar-refractivity contribution is 0.0898. The van der Waals surface area contributed by atoms with Crippen LogP contribution >= 0.6 is 11.8 Å². The lowest BCUT2D eigenvalue weighted by Gasteiger charge is -2.11. The fourth-order valence-electron chi connectivity index (χ4n) is 2.11. The number of amides is 1. The molecule has 0 atom stereocenters. The van der Waals surface area contributed by atoms with Crippen molar-refractivity contribution >= 4 is 17.7 Å². The number of hydrogen-bond acceptors (Lipinski definition) is 3. The maximum atomic E-state index is 12.3. The van der Waals surface area contributed by atoms with Crippen molar-refractivity contribution in [3.63, 3.8) is 0 Å². The van der Waals surface area contributed by atoms with Gasteiger partial charge >= 0.3 is 0 Å². The predicted molar refractivity (Wildman–Crippen MR) is 95.9 cm³/mol. The van der Waals surface area contributed by atoms with Crippen LogP contribution in [-0.2, 0) is 11.3 Å². The van der Waals surface area contributed by atoms with E-state index >= 15 is 0 Å². The van der Waals surface area contributed by atoms with Gasteiger partial charge in [-0.05, 0) is 17.7 Å². The highest BCUT2D eigenvalue weighted by Crippen LogP contribution is 2.26. The van der Waals surface area contributed by atoms with Crippen molar-refractivity contribution in [2.75, 3.05) is 13.2 Å². The van der Waals surface area contributed by atoms with E-state index in [1.54, 1.807) is 11.8 Å². The maximum absolute atomic E-state index is 12.3. The number of ether oxygens (including phenoxy) is 1. The summed E-state index contributed by atoms with van der Waals surface area (Å²) < 4.78 is 5.58. The molecular formula is C19H23NO2S. The lowest BCUT2D eigenvalue weighted by atomic mass is 10.2. The quantitative estimate of drug-likeness (QED) is 0.584. The fraction of sp³-hybridized carbons (Fsp3) is 0.316. The molecule has 0 spiro atoms. The minimum atomic E-state index is -0.0444. The predicted octanol–water partition coefficient (Wildman–Crippen LogP) is 4.13. The van der Waals surface area contributed by atoms with Gasteiger partial charge in [-0.1, -0.05) is 56.3 Å². The number of rotatable bonds is 8. The van der Waals surface area contributed by atoms with Gasteiger partial charge in [-0.25, -0.2) is 0 Å². The Morgan fingerprint density at radius 2 is 1.78 bits per heavy atom. The highest BCUT2D eigenvalue weighted by atomic mass is 32.2. The van der Waals surface area contributed by atoms with Gasteiger partial charge in [0, 0.05) is 16.7 Å². The number of carbonyl (C=O) groups is 1. The van der Waals surface area contributed by atoms with Gasteiger partial charge in [-0.2, -0.15) is 0 Å². The normalized spacial score (nSPS) is 10.7. The van der Waals surface area contributed by atoms with Gasteiger partial charge in [0.1, 0.15) is 0 Å². The first kappa shape index (κ1) is 17.6. The Bertz CT molecular complexity index is 614. The number of hydrogen-bond donors (Lipinski definition) is 1. The molecule has 2 aromatic carbocycles. The third kappa shape index (κ3) is 6.08. The summed E-state index contributed by atoms with van der Waals surface area (Å²) in [6.45, 7) is 5.82. The molecule has 0 unspecified atom stereocenters. The van der Waals surface area contributed by atoms with E-state index in [9.17, 15) is 4.79 Å². The second-order valence-corrected chi connectivity index (χ2v) is 7.08. The highest BCUT2D eigenvalue weighted by molar-refractivity contribution is 8.00. The Hall–Kier alpha value is -1.78. The molecule has 0 aliphatic carbocycles. The van der Waals surface area contributed by atoms with Crippen LogP contribution in [-0.4, -0.2) is 24.3 Å². The topological polar surface area (TPSA) is 38.3 Å². The van der Waals surface area contributed by atoms with Crippen LogP contribution in [0.2, 0.25) is 0 Å². The summed E-state index contributed by atoms with van der Waals surface area (Å²) in [5, 5.41) is 3.36. The van der Waals surface area contributed by atoms with Crippen molar-refractivity contribution in [1.29, 1.82) is 0 Å². The van der Waals surface area contributed by atoms with Crippen LogP contribution in [0.4, 0.5) is 0 Å². The standard InChI is InChI=1S/C19H23NO2S/c1-15(2)23-18-11-7-6-10-17(18)19(21)20-12-13-22-14-16-8-4-3-5-9-16/h3-11,15H,12-14H2,1-2H3,(H,20,21). The molecule has 1 amide bonds. The molecular weight excluding hydrogens is 306 g/mol. The zero-order valence-electron chi connectivity index (χ0n) is 13.6. The minimum absolute atomic E-state index is 0.0444. The van der Waals surface area contributed by atoms with E-state index < -0.39 is 0 Å². The van der Waals surface area contributed by atoms with E-state index in [1.807, 2.05) is 54.6 Å². The first-order valence-corrected chi connectivity index (χ1v) is 8.70. The molecule has 0 aliphatic heterocycles. The average Bonchev–Trinajstić information content (AvgIpc) is 2.55. The second-order valence-electron chi connectivity index (χ2n) is 5.46. The third-order valence-electron chi connectivity index (χ3n) is 3.14. The van der Waals surface area contributed by atoms with Gasteiger partial charge in [0.2, 0.25) is 0 Å². The van der Waals surface area contributed by atoms with Crippen LogP contribution in [0.15, 0.2) is 59.5 Å². The van der Waals surface area contributed by atoms with Crippen LogP contribution in [0.3, 0.4) is 0 Å². The molecule has 3 nitrogen and oxygen atoms in total. The monoisotopic (exact) mass is 329 g/mol. The highest BCUT2D eigenvalue weighted by Gasteiger charge is 2.11. The van der Waals surface area contributed by atoms with Gasteiger partial charge in [-0.3, -0.25) is 4.79 Å². The van der Waals surface area contributed by atoms with Crippen molar-refractivity contribution in [3.05, 3.63) is 65.7 Å². The van der Waals surface area contributed by atoms with Gasteiger partial charge in [0.25, 0.3) is 5.91 Å². The molecule has 0 aliphatic rings. The zero-order valence-corrected chi connectivity index (χ0v) is 14.4.